The molecule has 0 fully saturated rings. The van der Waals surface area contributed by atoms with E-state index in [4.69, 9.17) is 4.74 Å². The molecule has 0 bridgehead atoms. The van der Waals surface area contributed by atoms with Gasteiger partial charge in [-0.3, -0.25) is 4.79 Å². The molecule has 0 amide bonds. The maximum absolute atomic E-state index is 10.5. The van der Waals surface area contributed by atoms with Gasteiger partial charge in [0.25, 0.3) is 0 Å². The second-order valence-electron chi connectivity index (χ2n) is 7.05. The Kier molecular flexibility index (Phi) is 15.1. The lowest BCUT2D eigenvalue weighted by atomic mass is 10.00. The third-order valence-corrected chi connectivity index (χ3v) is 3.45. The Morgan fingerprint density at radius 1 is 1.00 bits per heavy atom. The molecule has 0 aromatic rings. The fraction of sp³-hybridized carbons (Fsp3) is 0.591. The second-order valence-corrected chi connectivity index (χ2v) is 7.05. The number of hydrogen-bond acceptors (Lipinski definition) is 3. The Morgan fingerprint density at radius 3 is 1.96 bits per heavy atom. The van der Waals surface area contributed by atoms with Crippen LogP contribution in [0.25, 0.3) is 0 Å². The molecule has 0 heterocycles. The first-order chi connectivity index (χ1) is 11.5. The average molecular weight is 351 g/mol. The van der Waals surface area contributed by atoms with Gasteiger partial charge in [-0.2, -0.15) is 0 Å². The van der Waals surface area contributed by atoms with Crippen LogP contribution in [0, 0.1) is 0 Å². The van der Waals surface area contributed by atoms with Gasteiger partial charge in [0.1, 0.15) is 6.61 Å². The summed E-state index contributed by atoms with van der Waals surface area (Å²) < 4.78 is 4.81. The van der Waals surface area contributed by atoms with Gasteiger partial charge in [0.05, 0.1) is 5.60 Å². The quantitative estimate of drug-likeness (QED) is 0.415. The summed E-state index contributed by atoms with van der Waals surface area (Å²) in [4.78, 5) is 10.5. The van der Waals surface area contributed by atoms with E-state index in [2.05, 4.69) is 53.3 Å². The highest BCUT2D eigenvalue weighted by Crippen LogP contribution is 2.13. The molecule has 0 aliphatic rings. The predicted molar refractivity (Wildman–Crippen MR) is 109 cm³/mol. The van der Waals surface area contributed by atoms with Gasteiger partial charge in [0.15, 0.2) is 0 Å². The van der Waals surface area contributed by atoms with Crippen molar-refractivity contribution in [2.24, 2.45) is 0 Å². The molecule has 3 nitrogen and oxygen atoms in total. The molecule has 0 aromatic heterocycles. The van der Waals surface area contributed by atoms with Gasteiger partial charge in [0.2, 0.25) is 0 Å². The highest BCUT2D eigenvalue weighted by atomic mass is 16.5. The Bertz CT molecular complexity index is 472. The lowest BCUT2D eigenvalue weighted by Gasteiger charge is -2.16. The molecule has 0 radical (unpaired) electrons. The van der Waals surface area contributed by atoms with Crippen molar-refractivity contribution >= 4 is 5.97 Å². The zero-order chi connectivity index (χ0) is 19.9. The van der Waals surface area contributed by atoms with Gasteiger partial charge < -0.3 is 9.84 Å². The molecule has 0 saturated heterocycles. The summed E-state index contributed by atoms with van der Waals surface area (Å²) in [7, 11) is 0. The molecule has 1 unspecified atom stereocenters. The SMILES string of the molecule is C=CC(C)(O)CCC=C(C)C.CC(=O)OC/C=C(\C)CCC=C(C)C. The number of carbonyl (C=O) groups is 1. The van der Waals surface area contributed by atoms with Crippen LogP contribution >= 0.6 is 0 Å². The predicted octanol–water partition coefficient (Wildman–Crippen LogP) is 5.91. The summed E-state index contributed by atoms with van der Waals surface area (Å²) in [6.07, 6.45) is 11.6. The van der Waals surface area contributed by atoms with Crippen LogP contribution in [0.1, 0.15) is 74.1 Å². The molecule has 0 rings (SSSR count). The second kappa shape index (κ2) is 14.7. The third-order valence-electron chi connectivity index (χ3n) is 3.45. The van der Waals surface area contributed by atoms with E-state index in [-0.39, 0.29) is 5.97 Å². The van der Waals surface area contributed by atoms with Crippen LogP contribution in [0.4, 0.5) is 0 Å². The fourth-order valence-electron chi connectivity index (χ4n) is 1.75. The summed E-state index contributed by atoms with van der Waals surface area (Å²) in [5.41, 5.74) is 3.21. The van der Waals surface area contributed by atoms with Crippen LogP contribution in [0.3, 0.4) is 0 Å². The molecular formula is C22H38O3. The van der Waals surface area contributed by atoms with Crippen molar-refractivity contribution in [3.63, 3.8) is 0 Å². The van der Waals surface area contributed by atoms with Crippen LogP contribution in [0.2, 0.25) is 0 Å². The minimum atomic E-state index is -0.702. The summed E-state index contributed by atoms with van der Waals surface area (Å²) >= 11 is 0. The summed E-state index contributed by atoms with van der Waals surface area (Å²) in [6, 6.07) is 0. The van der Waals surface area contributed by atoms with Gasteiger partial charge in [0, 0.05) is 6.92 Å². The molecule has 3 heteroatoms. The van der Waals surface area contributed by atoms with Gasteiger partial charge in [-0.25, -0.2) is 0 Å². The minimum Gasteiger partial charge on any atom is -0.462 e. The van der Waals surface area contributed by atoms with Gasteiger partial charge in [-0.15, -0.1) is 6.58 Å². The van der Waals surface area contributed by atoms with Crippen LogP contribution in [-0.2, 0) is 9.53 Å². The average Bonchev–Trinajstić information content (AvgIpc) is 2.46. The Labute approximate surface area is 155 Å². The molecule has 0 aromatic carbocycles. The summed E-state index contributed by atoms with van der Waals surface area (Å²) in [5, 5.41) is 9.49. The first-order valence-electron chi connectivity index (χ1n) is 8.92. The number of rotatable bonds is 9. The lowest BCUT2D eigenvalue weighted by Crippen LogP contribution is -2.19. The van der Waals surface area contributed by atoms with Crippen LogP contribution in [0.15, 0.2) is 47.6 Å². The van der Waals surface area contributed by atoms with E-state index >= 15 is 0 Å². The maximum Gasteiger partial charge on any atom is 0.302 e. The molecule has 144 valence electrons. The smallest absolute Gasteiger partial charge is 0.302 e. The topological polar surface area (TPSA) is 46.5 Å². The van der Waals surface area contributed by atoms with Crippen LogP contribution in [-0.4, -0.2) is 23.3 Å². The number of esters is 1. The van der Waals surface area contributed by atoms with E-state index in [0.717, 1.165) is 25.7 Å². The van der Waals surface area contributed by atoms with Crippen molar-refractivity contribution in [2.45, 2.75) is 79.8 Å². The molecule has 0 aliphatic carbocycles. The van der Waals surface area contributed by atoms with E-state index in [0.29, 0.717) is 6.61 Å². The first kappa shape index (κ1) is 25.6. The van der Waals surface area contributed by atoms with Gasteiger partial charge in [-0.05, 0) is 73.3 Å². The monoisotopic (exact) mass is 350 g/mol. The van der Waals surface area contributed by atoms with Crippen molar-refractivity contribution in [3.8, 4) is 0 Å². The van der Waals surface area contributed by atoms with Crippen molar-refractivity contribution in [1.29, 1.82) is 0 Å². The Balaban J connectivity index is 0. The van der Waals surface area contributed by atoms with Crippen molar-refractivity contribution < 1.29 is 14.6 Å². The van der Waals surface area contributed by atoms with E-state index < -0.39 is 5.60 Å². The van der Waals surface area contributed by atoms with Crippen molar-refractivity contribution in [3.05, 3.63) is 47.6 Å². The minimum absolute atomic E-state index is 0.224. The number of ether oxygens (including phenoxy) is 1. The number of aliphatic hydroxyl groups is 1. The van der Waals surface area contributed by atoms with E-state index in [9.17, 15) is 9.90 Å². The van der Waals surface area contributed by atoms with Gasteiger partial charge >= 0.3 is 5.97 Å². The molecular weight excluding hydrogens is 312 g/mol. The number of carbonyl (C=O) groups excluding carboxylic acids is 1. The maximum atomic E-state index is 10.5. The standard InChI is InChI=1S/C12H20O2.C10H18O/c1-10(2)6-5-7-11(3)8-9-14-12(4)13;1-5-10(4,11)8-6-7-9(2)3/h6,8H,5,7,9H2,1-4H3;5,7,11H,1,6,8H2,2-4H3/b11-8+;. The van der Waals surface area contributed by atoms with Crippen molar-refractivity contribution in [2.75, 3.05) is 6.61 Å². The number of hydrogen-bond donors (Lipinski definition) is 1. The molecule has 1 atom stereocenters. The third kappa shape index (κ3) is 22.4. The molecule has 0 spiro atoms. The highest BCUT2D eigenvalue weighted by Gasteiger charge is 2.12. The number of allylic oxidation sites excluding steroid dienone is 5. The van der Waals surface area contributed by atoms with E-state index in [1.807, 2.05) is 6.08 Å². The normalized spacial score (nSPS) is 12.9. The fourth-order valence-corrected chi connectivity index (χ4v) is 1.75. The van der Waals surface area contributed by atoms with E-state index in [1.54, 1.807) is 13.0 Å². The Hall–Kier alpha value is -1.61. The zero-order valence-electron chi connectivity index (χ0n) is 17.3. The van der Waals surface area contributed by atoms with E-state index in [1.165, 1.54) is 23.6 Å². The summed E-state index contributed by atoms with van der Waals surface area (Å²) in [6.45, 7) is 17.5. The van der Waals surface area contributed by atoms with Crippen molar-refractivity contribution in [1.82, 2.24) is 0 Å². The largest absolute Gasteiger partial charge is 0.462 e. The zero-order valence-corrected chi connectivity index (χ0v) is 17.3. The lowest BCUT2D eigenvalue weighted by molar-refractivity contribution is -0.139. The van der Waals surface area contributed by atoms with Crippen LogP contribution in [0.5, 0.6) is 0 Å². The summed E-state index contributed by atoms with van der Waals surface area (Å²) in [5.74, 6) is -0.224. The van der Waals surface area contributed by atoms with Crippen LogP contribution < -0.4 is 0 Å². The molecule has 1 N–H and O–H groups in total. The first-order valence-corrected chi connectivity index (χ1v) is 8.92. The molecule has 0 saturated carbocycles. The molecule has 0 aliphatic heterocycles. The Morgan fingerprint density at radius 2 is 1.52 bits per heavy atom. The molecule has 25 heavy (non-hydrogen) atoms. The highest BCUT2D eigenvalue weighted by molar-refractivity contribution is 5.66. The van der Waals surface area contributed by atoms with Gasteiger partial charge in [-0.1, -0.05) is 34.9 Å².